The molecule has 64 heavy (non-hydrogen) atoms. The quantitative estimate of drug-likeness (QED) is 0.132. The van der Waals surface area contributed by atoms with Gasteiger partial charge in [-0.2, -0.15) is 0 Å². The van der Waals surface area contributed by atoms with E-state index in [2.05, 4.69) is 72.3 Å². The van der Waals surface area contributed by atoms with Crippen molar-refractivity contribution in [3.8, 4) is 44.5 Å². The number of benzene rings is 6. The fraction of sp³-hybridized carbons (Fsp3) is 0.0357. The lowest BCUT2D eigenvalue weighted by Gasteiger charge is -2.12. The van der Waals surface area contributed by atoms with Crippen molar-refractivity contribution in [2.75, 3.05) is 0 Å². The molecular weight excluding hydrogens is 793 g/mol. The number of hydrogen-bond donors (Lipinski definition) is 4. The van der Waals surface area contributed by atoms with Gasteiger partial charge in [-0.3, -0.25) is 0 Å². The van der Waals surface area contributed by atoms with E-state index in [1.807, 2.05) is 97.1 Å². The lowest BCUT2D eigenvalue weighted by molar-refractivity contribution is 0.0688. The van der Waals surface area contributed by atoms with Crippen molar-refractivity contribution in [1.82, 2.24) is 19.9 Å². The highest BCUT2D eigenvalue weighted by Gasteiger charge is 2.23. The number of rotatable bonds is 6. The molecule has 5 heterocycles. The number of carbonyl (C=O) groups is 2. The van der Waals surface area contributed by atoms with Crippen LogP contribution in [0.25, 0.3) is 112 Å². The summed E-state index contributed by atoms with van der Waals surface area (Å²) in [6, 6.07) is 47.2. The Morgan fingerprint density at radius 1 is 0.406 bits per heavy atom. The molecule has 8 heteroatoms. The SMILES string of the molecule is Cc1ccc(-c2c3nc(c(-c4cccc5cccc(C(=O)O)c45)c4ccc([nH]4)c(-c4ccc(C)cc4)c4nc(c(-c5cccc6cccc(C(=O)O)c56)c5ccc2[nH]5)C=C4)C=C3)cc1. The zero-order chi connectivity index (χ0) is 43.6. The molecule has 0 aliphatic carbocycles. The number of nitrogens with zero attached hydrogens (tertiary/aromatic N) is 2. The van der Waals surface area contributed by atoms with Gasteiger partial charge < -0.3 is 20.2 Å². The molecule has 3 aromatic heterocycles. The standard InChI is InChI=1S/C56H38N4O4/c1-31-15-19-35(20-16-31)51-41-23-27-45(57-41)53(37-11-3-7-33-9-5-13-39(49(33)37)55(61)62)47-29-25-43(59-47)52(36-21-17-32(2)18-22-36)44-26-30-48(60-44)54(46-28-24-42(51)58-46)38-12-4-8-34-10-6-14-40(50(34)38)56(63)64/h3-30,57,60H,1-2H3,(H,61,62)(H,63,64). The molecule has 11 rings (SSSR count). The molecule has 2 aliphatic rings. The number of carboxylic acids is 2. The number of carboxylic acid groups (broad SMARTS) is 2. The van der Waals surface area contributed by atoms with Crippen LogP contribution in [0, 0.1) is 13.8 Å². The largest absolute Gasteiger partial charge is 0.478 e. The van der Waals surface area contributed by atoms with Crippen LogP contribution in [0.3, 0.4) is 0 Å². The lowest BCUT2D eigenvalue weighted by atomic mass is 9.93. The molecule has 0 radical (unpaired) electrons. The number of aromatic nitrogens is 4. The van der Waals surface area contributed by atoms with Gasteiger partial charge in [0.1, 0.15) is 0 Å². The fourth-order valence-electron chi connectivity index (χ4n) is 9.28. The van der Waals surface area contributed by atoms with E-state index in [9.17, 15) is 19.8 Å². The summed E-state index contributed by atoms with van der Waals surface area (Å²) in [6.07, 6.45) is 8.03. The highest BCUT2D eigenvalue weighted by Crippen LogP contribution is 2.42. The fourth-order valence-corrected chi connectivity index (χ4v) is 9.28. The predicted molar refractivity (Wildman–Crippen MR) is 259 cm³/mol. The number of aromatic carboxylic acids is 2. The van der Waals surface area contributed by atoms with Crippen LogP contribution in [0.4, 0.5) is 0 Å². The second-order valence-electron chi connectivity index (χ2n) is 16.3. The Morgan fingerprint density at radius 3 is 1.09 bits per heavy atom. The van der Waals surface area contributed by atoms with Crippen molar-refractivity contribution in [3.05, 3.63) is 191 Å². The van der Waals surface area contributed by atoms with Gasteiger partial charge in [0, 0.05) is 55.1 Å². The molecule has 0 unspecified atom stereocenters. The Morgan fingerprint density at radius 2 is 0.734 bits per heavy atom. The molecule has 0 spiro atoms. The van der Waals surface area contributed by atoms with Crippen molar-refractivity contribution in [1.29, 1.82) is 0 Å². The molecule has 306 valence electrons. The minimum absolute atomic E-state index is 0.200. The minimum atomic E-state index is -1.01. The first-order chi connectivity index (χ1) is 31.2. The average Bonchev–Trinajstić information content (AvgIpc) is 4.15. The Hall–Kier alpha value is -8.62. The maximum absolute atomic E-state index is 12.9. The van der Waals surface area contributed by atoms with Gasteiger partial charge in [-0.1, -0.05) is 120 Å². The van der Waals surface area contributed by atoms with Crippen LogP contribution in [0.5, 0.6) is 0 Å². The monoisotopic (exact) mass is 830 g/mol. The summed E-state index contributed by atoms with van der Waals surface area (Å²) in [5.74, 6) is -2.03. The highest BCUT2D eigenvalue weighted by atomic mass is 16.4. The molecule has 0 fully saturated rings. The zero-order valence-electron chi connectivity index (χ0n) is 34.8. The van der Waals surface area contributed by atoms with E-state index >= 15 is 0 Å². The van der Waals surface area contributed by atoms with Crippen molar-refractivity contribution in [2.45, 2.75) is 13.8 Å². The first-order valence-corrected chi connectivity index (χ1v) is 21.0. The van der Waals surface area contributed by atoms with Crippen molar-refractivity contribution in [2.24, 2.45) is 0 Å². The van der Waals surface area contributed by atoms with Gasteiger partial charge in [0.25, 0.3) is 0 Å². The van der Waals surface area contributed by atoms with Gasteiger partial charge >= 0.3 is 11.9 Å². The molecule has 9 aromatic rings. The molecule has 6 aromatic carbocycles. The third kappa shape index (κ3) is 6.39. The third-order valence-corrected chi connectivity index (χ3v) is 12.2. The number of H-pyrrole nitrogens is 2. The zero-order valence-corrected chi connectivity index (χ0v) is 34.8. The van der Waals surface area contributed by atoms with Crippen molar-refractivity contribution >= 4 is 79.9 Å². The van der Waals surface area contributed by atoms with Crippen LogP contribution in [-0.4, -0.2) is 42.1 Å². The van der Waals surface area contributed by atoms with E-state index in [0.717, 1.165) is 88.5 Å². The Labute approximate surface area is 367 Å². The molecule has 0 saturated heterocycles. The molecular formula is C56H38N4O4. The van der Waals surface area contributed by atoms with Gasteiger partial charge in [-0.05, 0) is 108 Å². The van der Waals surface area contributed by atoms with Crippen LogP contribution >= 0.6 is 0 Å². The summed E-state index contributed by atoms with van der Waals surface area (Å²) < 4.78 is 0. The van der Waals surface area contributed by atoms with Gasteiger partial charge in [0.2, 0.25) is 0 Å². The van der Waals surface area contributed by atoms with Gasteiger partial charge in [-0.15, -0.1) is 0 Å². The van der Waals surface area contributed by atoms with Crippen LogP contribution in [-0.2, 0) is 0 Å². The summed E-state index contributed by atoms with van der Waals surface area (Å²) in [4.78, 5) is 44.1. The van der Waals surface area contributed by atoms with E-state index in [-0.39, 0.29) is 11.1 Å². The van der Waals surface area contributed by atoms with Gasteiger partial charge in [0.05, 0.1) is 33.9 Å². The van der Waals surface area contributed by atoms with Crippen molar-refractivity contribution in [3.63, 3.8) is 0 Å². The molecule has 0 amide bonds. The second kappa shape index (κ2) is 15.1. The highest BCUT2D eigenvalue weighted by molar-refractivity contribution is 6.14. The van der Waals surface area contributed by atoms with E-state index < -0.39 is 11.9 Å². The van der Waals surface area contributed by atoms with E-state index in [1.165, 1.54) is 0 Å². The molecule has 8 bridgehead atoms. The molecule has 0 atom stereocenters. The first-order valence-electron chi connectivity index (χ1n) is 21.0. The van der Waals surface area contributed by atoms with Crippen LogP contribution in [0.2, 0.25) is 0 Å². The average molecular weight is 831 g/mol. The van der Waals surface area contributed by atoms with Gasteiger partial charge in [0.15, 0.2) is 0 Å². The van der Waals surface area contributed by atoms with E-state index in [0.29, 0.717) is 33.5 Å². The summed E-state index contributed by atoms with van der Waals surface area (Å²) in [6.45, 7) is 4.11. The lowest BCUT2D eigenvalue weighted by Crippen LogP contribution is -1.99. The molecule has 0 saturated carbocycles. The van der Waals surface area contributed by atoms with Crippen LogP contribution in [0.15, 0.2) is 146 Å². The summed E-state index contributed by atoms with van der Waals surface area (Å²) in [5, 5.41) is 23.9. The normalized spacial score (nSPS) is 12.0. The summed E-state index contributed by atoms with van der Waals surface area (Å²) >= 11 is 0. The van der Waals surface area contributed by atoms with E-state index in [1.54, 1.807) is 24.3 Å². The predicted octanol–water partition coefficient (Wildman–Crippen LogP) is 13.6. The Balaban J connectivity index is 1.35. The number of aryl methyl sites for hydroxylation is 2. The van der Waals surface area contributed by atoms with Crippen LogP contribution < -0.4 is 0 Å². The topological polar surface area (TPSA) is 132 Å². The number of hydrogen-bond acceptors (Lipinski definition) is 4. The third-order valence-electron chi connectivity index (χ3n) is 12.2. The smallest absolute Gasteiger partial charge is 0.336 e. The van der Waals surface area contributed by atoms with E-state index in [4.69, 9.17) is 9.97 Å². The minimum Gasteiger partial charge on any atom is -0.478 e. The number of fused-ring (bicyclic) bond motifs is 10. The maximum Gasteiger partial charge on any atom is 0.336 e. The molecule has 8 nitrogen and oxygen atoms in total. The first kappa shape index (κ1) is 38.3. The number of nitrogens with one attached hydrogen (secondary N) is 2. The van der Waals surface area contributed by atoms with Crippen molar-refractivity contribution < 1.29 is 19.8 Å². The maximum atomic E-state index is 12.9. The number of aromatic amines is 2. The van der Waals surface area contributed by atoms with Gasteiger partial charge in [-0.25, -0.2) is 19.6 Å². The Bertz CT molecular complexity index is 3430. The second-order valence-corrected chi connectivity index (χ2v) is 16.3. The summed E-state index contributed by atoms with van der Waals surface area (Å²) in [5.41, 5.74) is 15.0. The molecule has 2 aliphatic heterocycles. The molecule has 4 N–H and O–H groups in total. The Kier molecular flexibility index (Phi) is 9.03. The van der Waals surface area contributed by atoms with Crippen LogP contribution in [0.1, 0.15) is 54.6 Å². The summed E-state index contributed by atoms with van der Waals surface area (Å²) in [7, 11) is 0.